The Bertz CT molecular complexity index is 993. The molecule has 0 radical (unpaired) electrons. The Morgan fingerprint density at radius 1 is 0.970 bits per heavy atom. The third-order valence-electron chi connectivity index (χ3n) is 7.10. The van der Waals surface area contributed by atoms with E-state index in [1.54, 1.807) is 0 Å². The third kappa shape index (κ3) is 5.14. The van der Waals surface area contributed by atoms with Crippen LogP contribution in [0.25, 0.3) is 11.3 Å². The predicted molar refractivity (Wildman–Crippen MR) is 135 cm³/mol. The topological polar surface area (TPSA) is 48.6 Å². The van der Waals surface area contributed by atoms with Crippen LogP contribution >= 0.6 is 0 Å². The van der Waals surface area contributed by atoms with Gasteiger partial charge in [-0.25, -0.2) is 0 Å². The van der Waals surface area contributed by atoms with Crippen LogP contribution in [0.15, 0.2) is 72.9 Å². The lowest BCUT2D eigenvalue weighted by Crippen LogP contribution is -2.47. The minimum absolute atomic E-state index is 0.121. The van der Waals surface area contributed by atoms with Crippen molar-refractivity contribution in [2.45, 2.75) is 31.6 Å². The maximum atomic E-state index is 12.8. The van der Waals surface area contributed by atoms with Gasteiger partial charge in [0, 0.05) is 43.8 Å². The van der Waals surface area contributed by atoms with Gasteiger partial charge >= 0.3 is 5.97 Å². The van der Waals surface area contributed by atoms with Gasteiger partial charge in [-0.2, -0.15) is 0 Å². The zero-order valence-electron chi connectivity index (χ0n) is 19.8. The Morgan fingerprint density at radius 3 is 2.30 bits per heavy atom. The maximum Gasteiger partial charge on any atom is 0.316 e. The van der Waals surface area contributed by atoms with Gasteiger partial charge in [0.15, 0.2) is 0 Å². The molecule has 2 aromatic carbocycles. The van der Waals surface area contributed by atoms with Crippen molar-refractivity contribution in [2.24, 2.45) is 0 Å². The largest absolute Gasteiger partial charge is 0.468 e. The number of aromatic amines is 1. The monoisotopic (exact) mass is 445 g/mol. The molecular formula is C28H35N3O2. The van der Waals surface area contributed by atoms with Gasteiger partial charge < -0.3 is 14.6 Å². The number of esters is 1. The number of anilines is 1. The maximum absolute atomic E-state index is 12.8. The summed E-state index contributed by atoms with van der Waals surface area (Å²) in [5.74, 6) is -0.121. The quantitative estimate of drug-likeness (QED) is 0.465. The van der Waals surface area contributed by atoms with E-state index in [1.165, 1.54) is 18.4 Å². The molecule has 1 fully saturated rings. The van der Waals surface area contributed by atoms with Gasteiger partial charge in [-0.1, -0.05) is 49.4 Å². The molecule has 0 bridgehead atoms. The molecule has 1 aliphatic heterocycles. The Hall–Kier alpha value is -3.05. The summed E-state index contributed by atoms with van der Waals surface area (Å²) in [4.78, 5) is 21.0. The molecule has 1 aromatic heterocycles. The summed E-state index contributed by atoms with van der Waals surface area (Å²) < 4.78 is 5.24. The Kier molecular flexibility index (Phi) is 7.50. The number of nitrogens with one attached hydrogen (secondary N) is 1. The lowest BCUT2D eigenvalue weighted by atomic mass is 9.74. The normalized spacial score (nSPS) is 16.4. The van der Waals surface area contributed by atoms with E-state index in [2.05, 4.69) is 64.2 Å². The van der Waals surface area contributed by atoms with Crippen molar-refractivity contribution < 1.29 is 9.53 Å². The van der Waals surface area contributed by atoms with Crippen LogP contribution in [0.2, 0.25) is 0 Å². The molecule has 4 rings (SSSR count). The molecule has 33 heavy (non-hydrogen) atoms. The van der Waals surface area contributed by atoms with Crippen LogP contribution in [0.3, 0.4) is 0 Å². The first-order chi connectivity index (χ1) is 16.2. The second kappa shape index (κ2) is 10.7. The molecule has 0 saturated carbocycles. The number of nitrogens with zero attached hydrogens (tertiary/aromatic N) is 2. The summed E-state index contributed by atoms with van der Waals surface area (Å²) in [6.07, 6.45) is 4.48. The number of hydrogen-bond donors (Lipinski definition) is 1. The van der Waals surface area contributed by atoms with Crippen LogP contribution in [0, 0.1) is 0 Å². The van der Waals surface area contributed by atoms with Crippen molar-refractivity contribution in [2.75, 3.05) is 44.7 Å². The molecule has 1 saturated heterocycles. The summed E-state index contributed by atoms with van der Waals surface area (Å²) in [7, 11) is 1.50. The summed E-state index contributed by atoms with van der Waals surface area (Å²) in [5, 5.41) is 0. The zero-order chi connectivity index (χ0) is 23.1. The van der Waals surface area contributed by atoms with E-state index in [9.17, 15) is 4.79 Å². The highest BCUT2D eigenvalue weighted by molar-refractivity contribution is 5.83. The van der Waals surface area contributed by atoms with Crippen molar-refractivity contribution in [3.05, 3.63) is 78.5 Å². The van der Waals surface area contributed by atoms with E-state index < -0.39 is 5.41 Å². The number of carbonyl (C=O) groups is 1. The van der Waals surface area contributed by atoms with Gasteiger partial charge in [-0.05, 0) is 61.2 Å². The van der Waals surface area contributed by atoms with E-state index in [4.69, 9.17) is 4.74 Å². The number of methoxy groups -OCH3 is 1. The number of benzene rings is 2. The number of carbonyl (C=O) groups excluding carboxylic acids is 1. The summed E-state index contributed by atoms with van der Waals surface area (Å²) in [5.41, 5.74) is 4.15. The van der Waals surface area contributed by atoms with Crippen LogP contribution in [0.4, 0.5) is 5.69 Å². The molecule has 1 N–H and O–H groups in total. The standard InChI is InChI=1S/C28H35N3O2/c1-3-28(27(32)33-2,24-9-5-4-6-10-24)16-8-18-30-19-21-31(22-20-30)25-14-12-23(13-15-25)26-11-7-17-29-26/h4-7,9-15,17,29H,3,8,16,18-22H2,1-2H3. The van der Waals surface area contributed by atoms with Crippen molar-refractivity contribution in [3.8, 4) is 11.3 Å². The van der Waals surface area contributed by atoms with Gasteiger partial charge in [0.05, 0.1) is 12.5 Å². The van der Waals surface area contributed by atoms with E-state index in [-0.39, 0.29) is 5.97 Å². The smallest absolute Gasteiger partial charge is 0.316 e. The molecule has 174 valence electrons. The molecule has 5 nitrogen and oxygen atoms in total. The predicted octanol–water partition coefficient (Wildman–Crippen LogP) is 5.10. The minimum Gasteiger partial charge on any atom is -0.468 e. The Labute approximate surface area is 197 Å². The van der Waals surface area contributed by atoms with Gasteiger partial charge in [-0.3, -0.25) is 9.69 Å². The highest BCUT2D eigenvalue weighted by atomic mass is 16.5. The average molecular weight is 446 g/mol. The highest BCUT2D eigenvalue weighted by Crippen LogP contribution is 2.34. The van der Waals surface area contributed by atoms with Gasteiger partial charge in [0.25, 0.3) is 0 Å². The second-order valence-corrected chi connectivity index (χ2v) is 8.86. The van der Waals surface area contributed by atoms with Crippen molar-refractivity contribution >= 4 is 11.7 Å². The summed E-state index contributed by atoms with van der Waals surface area (Å²) >= 11 is 0. The number of hydrogen-bond acceptors (Lipinski definition) is 4. The lowest BCUT2D eigenvalue weighted by molar-refractivity contribution is -0.148. The number of ether oxygens (including phenoxy) is 1. The Balaban J connectivity index is 1.30. The third-order valence-corrected chi connectivity index (χ3v) is 7.10. The number of rotatable bonds is 9. The second-order valence-electron chi connectivity index (χ2n) is 8.86. The number of aromatic nitrogens is 1. The molecular weight excluding hydrogens is 410 g/mol. The molecule has 0 amide bonds. The van der Waals surface area contributed by atoms with E-state index in [1.807, 2.05) is 30.5 Å². The summed E-state index contributed by atoms with van der Waals surface area (Å²) in [6.45, 7) is 7.23. The van der Waals surface area contributed by atoms with Crippen LogP contribution in [0.1, 0.15) is 31.7 Å². The molecule has 5 heteroatoms. The van der Waals surface area contributed by atoms with Crippen LogP contribution in [-0.2, 0) is 14.9 Å². The highest BCUT2D eigenvalue weighted by Gasteiger charge is 2.39. The fourth-order valence-electron chi connectivity index (χ4n) is 5.04. The first-order valence-corrected chi connectivity index (χ1v) is 12.0. The van der Waals surface area contributed by atoms with Gasteiger partial charge in [0.1, 0.15) is 0 Å². The number of H-pyrrole nitrogens is 1. The van der Waals surface area contributed by atoms with Crippen molar-refractivity contribution in [1.29, 1.82) is 0 Å². The van der Waals surface area contributed by atoms with E-state index in [0.717, 1.165) is 63.2 Å². The minimum atomic E-state index is -0.557. The SMILES string of the molecule is CCC(CCCN1CCN(c2ccc(-c3ccc[nH]3)cc2)CC1)(C(=O)OC)c1ccccc1. The molecule has 1 atom stereocenters. The molecule has 3 aromatic rings. The van der Waals surface area contributed by atoms with E-state index >= 15 is 0 Å². The fraction of sp³-hybridized carbons (Fsp3) is 0.393. The summed E-state index contributed by atoms with van der Waals surface area (Å²) in [6, 6.07) is 23.1. The van der Waals surface area contributed by atoms with Crippen molar-refractivity contribution in [1.82, 2.24) is 9.88 Å². The van der Waals surface area contributed by atoms with Crippen LogP contribution < -0.4 is 4.90 Å². The fourth-order valence-corrected chi connectivity index (χ4v) is 5.04. The molecule has 0 spiro atoms. The van der Waals surface area contributed by atoms with Gasteiger partial charge in [0.2, 0.25) is 0 Å². The van der Waals surface area contributed by atoms with E-state index in [0.29, 0.717) is 0 Å². The zero-order valence-corrected chi connectivity index (χ0v) is 19.8. The molecule has 2 heterocycles. The average Bonchev–Trinajstić information content (AvgIpc) is 3.43. The van der Waals surface area contributed by atoms with Crippen LogP contribution in [-0.4, -0.2) is 55.7 Å². The van der Waals surface area contributed by atoms with Crippen LogP contribution in [0.5, 0.6) is 0 Å². The lowest BCUT2D eigenvalue weighted by Gasteiger charge is -2.37. The molecule has 1 unspecified atom stereocenters. The van der Waals surface area contributed by atoms with Gasteiger partial charge in [-0.15, -0.1) is 0 Å². The first kappa shape index (κ1) is 23.1. The molecule has 0 aliphatic carbocycles. The first-order valence-electron chi connectivity index (χ1n) is 12.0. The van der Waals surface area contributed by atoms with Crippen molar-refractivity contribution in [3.63, 3.8) is 0 Å². The Morgan fingerprint density at radius 2 is 1.70 bits per heavy atom. The number of piperazine rings is 1. The molecule has 1 aliphatic rings.